The molecule has 18 heavy (non-hydrogen) atoms. The van der Waals surface area contributed by atoms with Crippen LogP contribution in [0.15, 0.2) is 0 Å². The van der Waals surface area contributed by atoms with Crippen LogP contribution < -0.4 is 11.1 Å². The fraction of sp³-hybridized carbons (Fsp3) is 0.929. The first-order chi connectivity index (χ1) is 8.53. The Labute approximate surface area is 111 Å². The van der Waals surface area contributed by atoms with Crippen molar-refractivity contribution in [3.8, 4) is 0 Å². The number of likely N-dealkylation sites (tertiary alicyclic amines) is 1. The molecule has 1 rings (SSSR count). The molecule has 0 aliphatic carbocycles. The number of rotatable bonds is 8. The van der Waals surface area contributed by atoms with E-state index in [0.29, 0.717) is 13.0 Å². The number of nitrogens with zero attached hydrogens (tertiary/aromatic N) is 1. The lowest BCUT2D eigenvalue weighted by Gasteiger charge is -2.23. The van der Waals surface area contributed by atoms with Gasteiger partial charge in [0.15, 0.2) is 0 Å². The maximum atomic E-state index is 11.7. The van der Waals surface area contributed by atoms with Crippen molar-refractivity contribution in [1.82, 2.24) is 10.2 Å². The van der Waals surface area contributed by atoms with Gasteiger partial charge in [-0.25, -0.2) is 0 Å². The summed E-state index contributed by atoms with van der Waals surface area (Å²) in [6.45, 7) is 9.23. The van der Waals surface area contributed by atoms with Gasteiger partial charge in [0.05, 0.1) is 0 Å². The Balaban J connectivity index is 2.06. The largest absolute Gasteiger partial charge is 0.355 e. The molecule has 0 radical (unpaired) electrons. The lowest BCUT2D eigenvalue weighted by Crippen LogP contribution is -2.34. The Kier molecular flexibility index (Phi) is 6.65. The van der Waals surface area contributed by atoms with Gasteiger partial charge in [-0.1, -0.05) is 13.8 Å². The third-order valence-electron chi connectivity index (χ3n) is 3.80. The summed E-state index contributed by atoms with van der Waals surface area (Å²) in [4.78, 5) is 14.1. The number of hydrogen-bond acceptors (Lipinski definition) is 3. The standard InChI is InChI=1S/C14H29N3O/c1-14(2,7-8-15)6-5-13(18)16-9-12-17-10-3-4-11-17/h3-12,15H2,1-2H3,(H,16,18). The topological polar surface area (TPSA) is 58.4 Å². The molecule has 1 fully saturated rings. The molecule has 0 saturated carbocycles. The maximum Gasteiger partial charge on any atom is 0.220 e. The minimum Gasteiger partial charge on any atom is -0.355 e. The van der Waals surface area contributed by atoms with Crippen molar-refractivity contribution in [3.05, 3.63) is 0 Å². The molecule has 106 valence electrons. The van der Waals surface area contributed by atoms with Crippen molar-refractivity contribution >= 4 is 5.91 Å². The Hall–Kier alpha value is -0.610. The number of nitrogens with two attached hydrogens (primary N) is 1. The average Bonchev–Trinajstić information content (AvgIpc) is 2.79. The first kappa shape index (κ1) is 15.4. The number of hydrogen-bond donors (Lipinski definition) is 2. The predicted molar refractivity (Wildman–Crippen MR) is 75.4 cm³/mol. The smallest absolute Gasteiger partial charge is 0.220 e. The third kappa shape index (κ3) is 6.36. The van der Waals surface area contributed by atoms with E-state index in [2.05, 4.69) is 24.1 Å². The zero-order valence-corrected chi connectivity index (χ0v) is 12.0. The van der Waals surface area contributed by atoms with Crippen LogP contribution in [0.2, 0.25) is 0 Å². The molecule has 0 aromatic heterocycles. The Bertz CT molecular complexity index is 247. The summed E-state index contributed by atoms with van der Waals surface area (Å²) < 4.78 is 0. The summed E-state index contributed by atoms with van der Waals surface area (Å²) >= 11 is 0. The third-order valence-corrected chi connectivity index (χ3v) is 3.80. The Morgan fingerprint density at radius 1 is 1.28 bits per heavy atom. The highest BCUT2D eigenvalue weighted by Gasteiger charge is 2.18. The van der Waals surface area contributed by atoms with Gasteiger partial charge in [-0.2, -0.15) is 0 Å². The van der Waals surface area contributed by atoms with Crippen LogP contribution >= 0.6 is 0 Å². The monoisotopic (exact) mass is 255 g/mol. The molecule has 0 spiro atoms. The lowest BCUT2D eigenvalue weighted by atomic mass is 9.84. The van der Waals surface area contributed by atoms with Gasteiger partial charge in [-0.3, -0.25) is 4.79 Å². The molecule has 1 amide bonds. The molecule has 0 bridgehead atoms. The van der Waals surface area contributed by atoms with E-state index in [9.17, 15) is 4.79 Å². The summed E-state index contributed by atoms with van der Waals surface area (Å²) in [6, 6.07) is 0. The van der Waals surface area contributed by atoms with Crippen molar-refractivity contribution in [1.29, 1.82) is 0 Å². The van der Waals surface area contributed by atoms with Crippen molar-refractivity contribution in [2.45, 2.75) is 46.0 Å². The van der Waals surface area contributed by atoms with E-state index < -0.39 is 0 Å². The number of nitrogens with one attached hydrogen (secondary N) is 1. The van der Waals surface area contributed by atoms with Crippen LogP contribution in [0, 0.1) is 5.41 Å². The minimum absolute atomic E-state index is 0.180. The highest BCUT2D eigenvalue weighted by Crippen LogP contribution is 2.25. The van der Waals surface area contributed by atoms with Gasteiger partial charge in [0.25, 0.3) is 0 Å². The van der Waals surface area contributed by atoms with Crippen molar-refractivity contribution in [2.75, 3.05) is 32.7 Å². The molecule has 0 aromatic carbocycles. The van der Waals surface area contributed by atoms with Crippen LogP contribution in [0.25, 0.3) is 0 Å². The zero-order valence-electron chi connectivity index (χ0n) is 12.0. The second kappa shape index (κ2) is 7.74. The Morgan fingerprint density at radius 2 is 1.94 bits per heavy atom. The molecule has 4 nitrogen and oxygen atoms in total. The normalized spacial score (nSPS) is 17.1. The van der Waals surface area contributed by atoms with E-state index in [4.69, 9.17) is 5.73 Å². The maximum absolute atomic E-state index is 11.7. The van der Waals surface area contributed by atoms with Crippen LogP contribution in [0.5, 0.6) is 0 Å². The Morgan fingerprint density at radius 3 is 2.56 bits per heavy atom. The fourth-order valence-corrected chi connectivity index (χ4v) is 2.42. The second-order valence-corrected chi connectivity index (χ2v) is 6.10. The second-order valence-electron chi connectivity index (χ2n) is 6.10. The molecule has 0 atom stereocenters. The van der Waals surface area contributed by atoms with E-state index in [1.54, 1.807) is 0 Å². The summed E-state index contributed by atoms with van der Waals surface area (Å²) in [5.74, 6) is 0.180. The van der Waals surface area contributed by atoms with Gasteiger partial charge < -0.3 is 16.0 Å². The average molecular weight is 255 g/mol. The van der Waals surface area contributed by atoms with Gasteiger partial charge in [0, 0.05) is 19.5 Å². The number of carbonyl (C=O) groups excluding carboxylic acids is 1. The predicted octanol–water partition coefficient (Wildman–Crippen LogP) is 1.35. The lowest BCUT2D eigenvalue weighted by molar-refractivity contribution is -0.121. The molecule has 3 N–H and O–H groups in total. The van der Waals surface area contributed by atoms with Gasteiger partial charge in [-0.05, 0) is 50.7 Å². The number of carbonyl (C=O) groups is 1. The van der Waals surface area contributed by atoms with Gasteiger partial charge in [-0.15, -0.1) is 0 Å². The van der Waals surface area contributed by atoms with Crippen LogP contribution in [0.1, 0.15) is 46.0 Å². The molecule has 1 aliphatic heterocycles. The molecular formula is C14H29N3O. The first-order valence-corrected chi connectivity index (χ1v) is 7.23. The van der Waals surface area contributed by atoms with E-state index in [1.165, 1.54) is 25.9 Å². The molecule has 1 heterocycles. The van der Waals surface area contributed by atoms with Crippen molar-refractivity contribution in [3.63, 3.8) is 0 Å². The summed E-state index contributed by atoms with van der Waals surface area (Å²) in [6.07, 6.45) is 5.13. The molecule has 4 heteroatoms. The van der Waals surface area contributed by atoms with E-state index in [-0.39, 0.29) is 11.3 Å². The molecule has 1 saturated heterocycles. The highest BCUT2D eigenvalue weighted by atomic mass is 16.1. The van der Waals surface area contributed by atoms with Crippen molar-refractivity contribution in [2.24, 2.45) is 11.1 Å². The van der Waals surface area contributed by atoms with E-state index in [0.717, 1.165) is 25.9 Å². The first-order valence-electron chi connectivity index (χ1n) is 7.23. The SMILES string of the molecule is CC(C)(CCN)CCC(=O)NCCN1CCCC1. The molecule has 0 aromatic rings. The van der Waals surface area contributed by atoms with Crippen LogP contribution in [-0.4, -0.2) is 43.5 Å². The molecule has 0 unspecified atom stereocenters. The van der Waals surface area contributed by atoms with Crippen LogP contribution in [0.3, 0.4) is 0 Å². The van der Waals surface area contributed by atoms with E-state index >= 15 is 0 Å². The van der Waals surface area contributed by atoms with Crippen LogP contribution in [0.4, 0.5) is 0 Å². The summed E-state index contributed by atoms with van der Waals surface area (Å²) in [7, 11) is 0. The quantitative estimate of drug-likeness (QED) is 0.688. The van der Waals surface area contributed by atoms with Gasteiger partial charge >= 0.3 is 0 Å². The summed E-state index contributed by atoms with van der Waals surface area (Å²) in [5.41, 5.74) is 5.75. The fourth-order valence-electron chi connectivity index (χ4n) is 2.42. The number of amides is 1. The molecule has 1 aliphatic rings. The highest BCUT2D eigenvalue weighted by molar-refractivity contribution is 5.75. The minimum atomic E-state index is 0.180. The molecular weight excluding hydrogens is 226 g/mol. The summed E-state index contributed by atoms with van der Waals surface area (Å²) in [5, 5.41) is 3.01. The van der Waals surface area contributed by atoms with Crippen LogP contribution in [-0.2, 0) is 4.79 Å². The van der Waals surface area contributed by atoms with Gasteiger partial charge in [0.2, 0.25) is 5.91 Å². The van der Waals surface area contributed by atoms with Crippen molar-refractivity contribution < 1.29 is 4.79 Å². The van der Waals surface area contributed by atoms with Gasteiger partial charge in [0.1, 0.15) is 0 Å². The zero-order chi connectivity index (χ0) is 13.4. The van der Waals surface area contributed by atoms with E-state index in [1.807, 2.05) is 0 Å².